The number of aromatic nitrogens is 1. The summed E-state index contributed by atoms with van der Waals surface area (Å²) in [7, 11) is 1.73. The van der Waals surface area contributed by atoms with Crippen molar-refractivity contribution in [2.24, 2.45) is 7.05 Å². The highest BCUT2D eigenvalue weighted by Crippen LogP contribution is 2.20. The Morgan fingerprint density at radius 3 is 2.54 bits per heavy atom. The summed E-state index contributed by atoms with van der Waals surface area (Å²) >= 11 is 0. The molecular formula is C22H27FN2O3. The molecule has 0 N–H and O–H groups in total. The molecule has 1 amide bonds. The lowest BCUT2D eigenvalue weighted by molar-refractivity contribution is -0.132. The van der Waals surface area contributed by atoms with Gasteiger partial charge >= 0.3 is 0 Å². The number of nitrogens with zero attached hydrogens (tertiary/aromatic N) is 2. The maximum atomic E-state index is 13.6. The van der Waals surface area contributed by atoms with Crippen molar-refractivity contribution >= 4 is 5.91 Å². The molecule has 28 heavy (non-hydrogen) atoms. The standard InChI is InChI=1S/C22H27FN2O3/c1-15-4-5-17(13-20(15)23)6-7-21(26)25-10-8-18(9-11-25)28-19-12-16(2)24(3)22(27)14-19/h4-5,12-14,18H,6-11H2,1-3H3. The van der Waals surface area contributed by atoms with Gasteiger partial charge in [-0.3, -0.25) is 9.59 Å². The molecule has 3 rings (SSSR count). The van der Waals surface area contributed by atoms with Crippen LogP contribution in [0.4, 0.5) is 4.39 Å². The normalized spacial score (nSPS) is 14.9. The Morgan fingerprint density at radius 1 is 1.18 bits per heavy atom. The fourth-order valence-electron chi connectivity index (χ4n) is 3.42. The van der Waals surface area contributed by atoms with Crippen LogP contribution < -0.4 is 10.3 Å². The predicted octanol–water partition coefficient (Wildman–Crippen LogP) is 3.14. The summed E-state index contributed by atoms with van der Waals surface area (Å²) in [5.74, 6) is 0.449. The maximum absolute atomic E-state index is 13.6. The largest absolute Gasteiger partial charge is 0.490 e. The lowest BCUT2D eigenvalue weighted by Crippen LogP contribution is -2.42. The van der Waals surface area contributed by atoms with Gasteiger partial charge in [-0.15, -0.1) is 0 Å². The lowest BCUT2D eigenvalue weighted by atomic mass is 10.0. The number of halogens is 1. The molecule has 1 aromatic heterocycles. The molecule has 0 radical (unpaired) electrons. The zero-order valence-electron chi connectivity index (χ0n) is 16.7. The first kappa shape index (κ1) is 20.1. The number of carbonyl (C=O) groups excluding carboxylic acids is 1. The molecule has 5 nitrogen and oxygen atoms in total. The lowest BCUT2D eigenvalue weighted by Gasteiger charge is -2.32. The molecule has 0 aliphatic carbocycles. The zero-order valence-corrected chi connectivity index (χ0v) is 16.7. The Labute approximate surface area is 164 Å². The molecule has 0 atom stereocenters. The molecule has 6 heteroatoms. The minimum absolute atomic E-state index is 0.00162. The van der Waals surface area contributed by atoms with Gasteiger partial charge in [-0.2, -0.15) is 0 Å². The number of benzene rings is 1. The average Bonchev–Trinajstić information content (AvgIpc) is 2.67. The van der Waals surface area contributed by atoms with E-state index in [-0.39, 0.29) is 23.4 Å². The molecule has 0 unspecified atom stereocenters. The van der Waals surface area contributed by atoms with E-state index in [2.05, 4.69) is 0 Å². The SMILES string of the molecule is Cc1ccc(CCC(=O)N2CCC(Oc3cc(C)n(C)c(=O)c3)CC2)cc1F. The summed E-state index contributed by atoms with van der Waals surface area (Å²) in [5, 5.41) is 0. The third kappa shape index (κ3) is 4.80. The topological polar surface area (TPSA) is 51.5 Å². The van der Waals surface area contributed by atoms with Crippen LogP contribution in [0, 0.1) is 19.7 Å². The Bertz CT molecular complexity index is 914. The first-order valence-electron chi connectivity index (χ1n) is 9.70. The average molecular weight is 386 g/mol. The number of amides is 1. The number of hydrogen-bond acceptors (Lipinski definition) is 3. The van der Waals surface area contributed by atoms with Gasteiger partial charge in [0.25, 0.3) is 5.56 Å². The first-order valence-corrected chi connectivity index (χ1v) is 9.70. The number of carbonyl (C=O) groups is 1. The Balaban J connectivity index is 1.48. The van der Waals surface area contributed by atoms with Gasteiger partial charge in [-0.1, -0.05) is 12.1 Å². The summed E-state index contributed by atoms with van der Waals surface area (Å²) in [6.07, 6.45) is 2.39. The fraction of sp³-hybridized carbons (Fsp3) is 0.455. The van der Waals surface area contributed by atoms with E-state index in [0.717, 1.165) is 24.1 Å². The predicted molar refractivity (Wildman–Crippen MR) is 106 cm³/mol. The van der Waals surface area contributed by atoms with Crippen LogP contribution >= 0.6 is 0 Å². The van der Waals surface area contributed by atoms with Crippen molar-refractivity contribution in [3.05, 3.63) is 63.3 Å². The van der Waals surface area contributed by atoms with Crippen molar-refractivity contribution in [2.75, 3.05) is 13.1 Å². The Hall–Kier alpha value is -2.63. The third-order valence-electron chi connectivity index (χ3n) is 5.44. The molecular weight excluding hydrogens is 359 g/mol. The van der Waals surface area contributed by atoms with Crippen LogP contribution in [-0.4, -0.2) is 34.6 Å². The second-order valence-corrected chi connectivity index (χ2v) is 7.51. The molecule has 1 saturated heterocycles. The second-order valence-electron chi connectivity index (χ2n) is 7.51. The van der Waals surface area contributed by atoms with Crippen molar-refractivity contribution in [3.63, 3.8) is 0 Å². The van der Waals surface area contributed by atoms with Crippen molar-refractivity contribution < 1.29 is 13.9 Å². The van der Waals surface area contributed by atoms with Crippen LogP contribution in [0.2, 0.25) is 0 Å². The van der Waals surface area contributed by atoms with E-state index < -0.39 is 0 Å². The molecule has 150 valence electrons. The summed E-state index contributed by atoms with van der Waals surface area (Å²) in [6, 6.07) is 8.49. The molecule has 2 heterocycles. The number of aryl methyl sites for hydroxylation is 3. The fourth-order valence-corrected chi connectivity index (χ4v) is 3.42. The Kier molecular flexibility index (Phi) is 6.17. The third-order valence-corrected chi connectivity index (χ3v) is 5.44. The number of ether oxygens (including phenoxy) is 1. The van der Waals surface area contributed by atoms with Gasteiger partial charge in [0.15, 0.2) is 0 Å². The van der Waals surface area contributed by atoms with Crippen LogP contribution in [0.25, 0.3) is 0 Å². The van der Waals surface area contributed by atoms with E-state index in [1.54, 1.807) is 24.6 Å². The van der Waals surface area contributed by atoms with Gasteiger partial charge in [0.05, 0.1) is 0 Å². The van der Waals surface area contributed by atoms with E-state index in [1.807, 2.05) is 24.0 Å². The minimum Gasteiger partial charge on any atom is -0.490 e. The summed E-state index contributed by atoms with van der Waals surface area (Å²) < 4.78 is 21.2. The van der Waals surface area contributed by atoms with Crippen molar-refractivity contribution in [2.45, 2.75) is 45.6 Å². The van der Waals surface area contributed by atoms with Crippen LogP contribution in [-0.2, 0) is 18.3 Å². The number of piperidine rings is 1. The number of pyridine rings is 1. The van der Waals surface area contributed by atoms with Crippen LogP contribution in [0.3, 0.4) is 0 Å². The smallest absolute Gasteiger partial charge is 0.254 e. The molecule has 0 spiro atoms. The van der Waals surface area contributed by atoms with Gasteiger partial charge in [0, 0.05) is 51.2 Å². The Morgan fingerprint density at radius 2 is 1.89 bits per heavy atom. The van der Waals surface area contributed by atoms with Gasteiger partial charge in [-0.25, -0.2) is 4.39 Å². The molecule has 1 aliphatic rings. The number of rotatable bonds is 5. The summed E-state index contributed by atoms with van der Waals surface area (Å²) in [6.45, 7) is 4.87. The molecule has 1 aliphatic heterocycles. The highest BCUT2D eigenvalue weighted by Gasteiger charge is 2.24. The highest BCUT2D eigenvalue weighted by molar-refractivity contribution is 5.76. The number of hydrogen-bond donors (Lipinski definition) is 0. The summed E-state index contributed by atoms with van der Waals surface area (Å²) in [4.78, 5) is 26.2. The second kappa shape index (κ2) is 8.59. The van der Waals surface area contributed by atoms with E-state index in [9.17, 15) is 14.0 Å². The van der Waals surface area contributed by atoms with Crippen LogP contribution in [0.15, 0.2) is 35.1 Å². The molecule has 0 saturated carbocycles. The monoisotopic (exact) mass is 386 g/mol. The highest BCUT2D eigenvalue weighted by atomic mass is 19.1. The van der Waals surface area contributed by atoms with Gasteiger partial charge in [0.1, 0.15) is 17.7 Å². The van der Waals surface area contributed by atoms with Crippen LogP contribution in [0.1, 0.15) is 36.1 Å². The molecule has 2 aromatic rings. The van der Waals surface area contributed by atoms with E-state index >= 15 is 0 Å². The maximum Gasteiger partial charge on any atom is 0.254 e. The number of likely N-dealkylation sites (tertiary alicyclic amines) is 1. The van der Waals surface area contributed by atoms with Gasteiger partial charge in [-0.05, 0) is 43.5 Å². The van der Waals surface area contributed by atoms with Crippen molar-refractivity contribution in [1.82, 2.24) is 9.47 Å². The van der Waals surface area contributed by atoms with Crippen molar-refractivity contribution in [3.8, 4) is 5.75 Å². The summed E-state index contributed by atoms with van der Waals surface area (Å²) in [5.41, 5.74) is 2.22. The molecule has 1 aromatic carbocycles. The minimum atomic E-state index is -0.228. The molecule has 1 fully saturated rings. The van der Waals surface area contributed by atoms with Crippen LogP contribution in [0.5, 0.6) is 5.75 Å². The van der Waals surface area contributed by atoms with Gasteiger partial charge < -0.3 is 14.2 Å². The first-order chi connectivity index (χ1) is 13.3. The van der Waals surface area contributed by atoms with Gasteiger partial charge in [0.2, 0.25) is 5.91 Å². The van der Waals surface area contributed by atoms with E-state index in [1.165, 1.54) is 12.1 Å². The molecule has 0 bridgehead atoms. The van der Waals surface area contributed by atoms with E-state index in [0.29, 0.717) is 37.2 Å². The van der Waals surface area contributed by atoms with Crippen molar-refractivity contribution in [1.29, 1.82) is 0 Å². The zero-order chi connectivity index (χ0) is 20.3. The van der Waals surface area contributed by atoms with E-state index in [4.69, 9.17) is 4.74 Å². The quantitative estimate of drug-likeness (QED) is 0.793.